The van der Waals surface area contributed by atoms with Crippen molar-refractivity contribution >= 4 is 0 Å². The molecule has 0 radical (unpaired) electrons. The molecule has 2 aliphatic rings. The molecule has 1 saturated carbocycles. The largest absolute Gasteiger partial charge is 0.493 e. The van der Waals surface area contributed by atoms with Crippen LogP contribution in [0.3, 0.4) is 0 Å². The quantitative estimate of drug-likeness (QED) is 0.920. The van der Waals surface area contributed by atoms with Crippen LogP contribution >= 0.6 is 0 Å². The summed E-state index contributed by atoms with van der Waals surface area (Å²) in [5, 5.41) is 3.53. The lowest BCUT2D eigenvalue weighted by atomic mass is 9.72. The van der Waals surface area contributed by atoms with Gasteiger partial charge in [-0.1, -0.05) is 38.0 Å². The van der Waals surface area contributed by atoms with Crippen LogP contribution in [0, 0.1) is 5.92 Å². The second-order valence-electron chi connectivity index (χ2n) is 6.63. The van der Waals surface area contributed by atoms with Crippen molar-refractivity contribution in [1.29, 1.82) is 0 Å². The van der Waals surface area contributed by atoms with Gasteiger partial charge in [-0.15, -0.1) is 0 Å². The van der Waals surface area contributed by atoms with Gasteiger partial charge in [-0.3, -0.25) is 0 Å². The molecule has 0 saturated heterocycles. The molecule has 3 unspecified atom stereocenters. The Kier molecular flexibility index (Phi) is 4.23. The predicted molar refractivity (Wildman–Crippen MR) is 84.8 cm³/mol. The fourth-order valence-electron chi connectivity index (χ4n) is 4.28. The van der Waals surface area contributed by atoms with Crippen molar-refractivity contribution in [2.75, 3.05) is 20.8 Å². The van der Waals surface area contributed by atoms with E-state index in [1.54, 1.807) is 0 Å². The molecule has 0 spiro atoms. The molecule has 1 heterocycles. The maximum atomic E-state index is 6.10. The molecule has 1 N–H and O–H groups in total. The third kappa shape index (κ3) is 2.58. The first-order valence-corrected chi connectivity index (χ1v) is 8.17. The number of nitrogens with one attached hydrogen (secondary N) is 1. The molecular weight excluding hydrogens is 262 g/mol. The molecule has 1 aromatic rings. The number of benzene rings is 1. The minimum Gasteiger partial charge on any atom is -0.493 e. The summed E-state index contributed by atoms with van der Waals surface area (Å²) in [6.07, 6.45) is 5.80. The van der Waals surface area contributed by atoms with Gasteiger partial charge in [-0.05, 0) is 31.4 Å². The van der Waals surface area contributed by atoms with Crippen LogP contribution in [0.5, 0.6) is 5.75 Å². The summed E-state index contributed by atoms with van der Waals surface area (Å²) in [4.78, 5) is 0. The van der Waals surface area contributed by atoms with E-state index in [1.807, 2.05) is 14.2 Å². The first-order chi connectivity index (χ1) is 10.2. The fourth-order valence-corrected chi connectivity index (χ4v) is 4.28. The molecule has 21 heavy (non-hydrogen) atoms. The molecule has 0 aromatic heterocycles. The van der Waals surface area contributed by atoms with E-state index < -0.39 is 0 Å². The van der Waals surface area contributed by atoms with Crippen molar-refractivity contribution in [3.8, 4) is 5.75 Å². The minimum absolute atomic E-state index is 0.118. The monoisotopic (exact) mass is 289 g/mol. The summed E-state index contributed by atoms with van der Waals surface area (Å²) in [5.41, 5.74) is 2.49. The molecule has 3 nitrogen and oxygen atoms in total. The van der Waals surface area contributed by atoms with Crippen molar-refractivity contribution in [3.05, 3.63) is 29.3 Å². The average molecular weight is 289 g/mol. The van der Waals surface area contributed by atoms with E-state index in [0.29, 0.717) is 5.92 Å². The highest BCUT2D eigenvalue weighted by atomic mass is 16.5. The second-order valence-corrected chi connectivity index (χ2v) is 6.63. The van der Waals surface area contributed by atoms with Gasteiger partial charge in [-0.2, -0.15) is 0 Å². The van der Waals surface area contributed by atoms with Crippen LogP contribution in [-0.4, -0.2) is 26.4 Å². The second kappa shape index (κ2) is 5.98. The molecule has 1 aliphatic carbocycles. The van der Waals surface area contributed by atoms with Gasteiger partial charge in [0.1, 0.15) is 5.75 Å². The van der Waals surface area contributed by atoms with Gasteiger partial charge >= 0.3 is 0 Å². The van der Waals surface area contributed by atoms with Crippen molar-refractivity contribution in [2.24, 2.45) is 5.92 Å². The SMILES string of the molecule is CNC(c1cccc2c1OCC2)C1(OC)CCCC(C)C1. The number of fused-ring (bicyclic) bond motifs is 1. The molecule has 3 atom stereocenters. The summed E-state index contributed by atoms with van der Waals surface area (Å²) < 4.78 is 12.0. The van der Waals surface area contributed by atoms with E-state index in [1.165, 1.54) is 24.0 Å². The maximum Gasteiger partial charge on any atom is 0.127 e. The zero-order chi connectivity index (χ0) is 14.9. The smallest absolute Gasteiger partial charge is 0.127 e. The molecule has 0 amide bonds. The first kappa shape index (κ1) is 14.9. The summed E-state index contributed by atoms with van der Waals surface area (Å²) in [6, 6.07) is 6.73. The zero-order valence-corrected chi connectivity index (χ0v) is 13.4. The lowest BCUT2D eigenvalue weighted by molar-refractivity contribution is -0.0794. The molecule has 1 aliphatic heterocycles. The van der Waals surface area contributed by atoms with Gasteiger partial charge < -0.3 is 14.8 Å². The molecule has 3 rings (SSSR count). The molecular formula is C18H27NO2. The van der Waals surface area contributed by atoms with Crippen molar-refractivity contribution < 1.29 is 9.47 Å². The Balaban J connectivity index is 1.99. The summed E-state index contributed by atoms with van der Waals surface area (Å²) in [5.74, 6) is 1.80. The van der Waals surface area contributed by atoms with E-state index in [2.05, 4.69) is 30.4 Å². The van der Waals surface area contributed by atoms with Crippen LogP contribution in [0.25, 0.3) is 0 Å². The standard InChI is InChI=1S/C18H27NO2/c1-13-6-5-10-18(12-13,20-3)17(19-2)15-8-4-7-14-9-11-21-16(14)15/h4,7-8,13,17,19H,5-6,9-12H2,1-3H3. The van der Waals surface area contributed by atoms with Gasteiger partial charge in [-0.25, -0.2) is 0 Å². The third-order valence-corrected chi connectivity index (χ3v) is 5.27. The average Bonchev–Trinajstić information content (AvgIpc) is 2.97. The van der Waals surface area contributed by atoms with Crippen LogP contribution < -0.4 is 10.1 Å². The Morgan fingerprint density at radius 1 is 1.43 bits per heavy atom. The number of rotatable bonds is 4. The van der Waals surface area contributed by atoms with Crippen molar-refractivity contribution in [1.82, 2.24) is 5.32 Å². The summed E-state index contributed by atoms with van der Waals surface area (Å²) >= 11 is 0. The molecule has 3 heteroatoms. The Bertz CT molecular complexity index is 502. The molecule has 0 bridgehead atoms. The highest BCUT2D eigenvalue weighted by molar-refractivity contribution is 5.46. The highest BCUT2D eigenvalue weighted by Crippen LogP contribution is 2.46. The van der Waals surface area contributed by atoms with Crippen LogP contribution in [-0.2, 0) is 11.2 Å². The minimum atomic E-state index is -0.118. The number of likely N-dealkylation sites (N-methyl/N-ethyl adjacent to an activating group) is 1. The number of hydrogen-bond acceptors (Lipinski definition) is 3. The van der Waals surface area contributed by atoms with Gasteiger partial charge in [0.25, 0.3) is 0 Å². The topological polar surface area (TPSA) is 30.5 Å². The first-order valence-electron chi connectivity index (χ1n) is 8.17. The summed E-state index contributed by atoms with van der Waals surface area (Å²) in [6.45, 7) is 3.14. The number of hydrogen-bond donors (Lipinski definition) is 1. The number of methoxy groups -OCH3 is 1. The lowest BCUT2D eigenvalue weighted by Crippen LogP contribution is -2.47. The normalized spacial score (nSPS) is 29.8. The van der Waals surface area contributed by atoms with Crippen LogP contribution in [0.2, 0.25) is 0 Å². The summed E-state index contributed by atoms with van der Waals surface area (Å²) in [7, 11) is 3.91. The molecule has 116 valence electrons. The zero-order valence-electron chi connectivity index (χ0n) is 13.4. The lowest BCUT2D eigenvalue weighted by Gasteiger charge is -2.45. The Hall–Kier alpha value is -1.06. The maximum absolute atomic E-state index is 6.10. The van der Waals surface area contributed by atoms with Gasteiger partial charge in [0.05, 0.1) is 18.2 Å². The Morgan fingerprint density at radius 2 is 2.29 bits per heavy atom. The van der Waals surface area contributed by atoms with Crippen LogP contribution in [0.1, 0.15) is 49.8 Å². The van der Waals surface area contributed by atoms with Gasteiger partial charge in [0, 0.05) is 19.1 Å². The molecule has 1 fully saturated rings. The Morgan fingerprint density at radius 3 is 3.00 bits per heavy atom. The fraction of sp³-hybridized carbons (Fsp3) is 0.667. The van der Waals surface area contributed by atoms with E-state index in [4.69, 9.17) is 9.47 Å². The van der Waals surface area contributed by atoms with E-state index in [0.717, 1.165) is 31.6 Å². The van der Waals surface area contributed by atoms with Crippen molar-refractivity contribution in [2.45, 2.75) is 50.7 Å². The highest BCUT2D eigenvalue weighted by Gasteiger charge is 2.43. The van der Waals surface area contributed by atoms with Crippen molar-refractivity contribution in [3.63, 3.8) is 0 Å². The Labute approximate surface area is 128 Å². The van der Waals surface area contributed by atoms with Gasteiger partial charge in [0.2, 0.25) is 0 Å². The van der Waals surface area contributed by atoms with Gasteiger partial charge in [0.15, 0.2) is 0 Å². The van der Waals surface area contributed by atoms with Crippen LogP contribution in [0.4, 0.5) is 0 Å². The van der Waals surface area contributed by atoms with Crippen LogP contribution in [0.15, 0.2) is 18.2 Å². The number of para-hydroxylation sites is 1. The molecule has 1 aromatic carbocycles. The van der Waals surface area contributed by atoms with E-state index in [9.17, 15) is 0 Å². The van der Waals surface area contributed by atoms with E-state index in [-0.39, 0.29) is 11.6 Å². The predicted octanol–water partition coefficient (Wildman–Crippen LogP) is 3.48. The number of ether oxygens (including phenoxy) is 2. The third-order valence-electron chi connectivity index (χ3n) is 5.27. The van der Waals surface area contributed by atoms with E-state index >= 15 is 0 Å².